The highest BCUT2D eigenvalue weighted by Gasteiger charge is 2.34. The molecule has 0 radical (unpaired) electrons. The van der Waals surface area contributed by atoms with Crippen LogP contribution in [0, 0.1) is 0 Å². The summed E-state index contributed by atoms with van der Waals surface area (Å²) in [6.07, 6.45) is 4.92. The molecule has 2 aliphatic heterocycles. The van der Waals surface area contributed by atoms with Crippen molar-refractivity contribution in [2.75, 3.05) is 44.6 Å². The number of urea groups is 1. The van der Waals surface area contributed by atoms with E-state index in [1.54, 1.807) is 4.90 Å². The van der Waals surface area contributed by atoms with Gasteiger partial charge in [-0.3, -0.25) is 4.79 Å². The van der Waals surface area contributed by atoms with Gasteiger partial charge >= 0.3 is 6.03 Å². The van der Waals surface area contributed by atoms with Crippen molar-refractivity contribution in [3.63, 3.8) is 0 Å². The Morgan fingerprint density at radius 3 is 2.44 bits per heavy atom. The van der Waals surface area contributed by atoms with Gasteiger partial charge in [0.2, 0.25) is 5.91 Å². The molecule has 3 amide bonds. The minimum Gasteiger partial charge on any atom is -0.339 e. The van der Waals surface area contributed by atoms with Crippen LogP contribution in [0.5, 0.6) is 0 Å². The van der Waals surface area contributed by atoms with Crippen LogP contribution in [0.25, 0.3) is 11.1 Å². The van der Waals surface area contributed by atoms with Crippen molar-refractivity contribution < 1.29 is 9.59 Å². The molecule has 32 heavy (non-hydrogen) atoms. The molecule has 0 bridgehead atoms. The first-order valence-electron chi connectivity index (χ1n) is 11.9. The van der Waals surface area contributed by atoms with E-state index >= 15 is 0 Å². The van der Waals surface area contributed by atoms with Crippen molar-refractivity contribution in [2.45, 2.75) is 38.6 Å². The maximum atomic E-state index is 12.9. The lowest BCUT2D eigenvalue weighted by Crippen LogP contribution is -2.58. The molecular formula is C26H34N4O2. The van der Waals surface area contributed by atoms with Crippen molar-refractivity contribution in [2.24, 2.45) is 0 Å². The summed E-state index contributed by atoms with van der Waals surface area (Å²) < 4.78 is 0. The number of piperidine rings is 1. The molecule has 6 nitrogen and oxygen atoms in total. The Kier molecular flexibility index (Phi) is 7.43. The van der Waals surface area contributed by atoms with Crippen LogP contribution in [0.15, 0.2) is 54.6 Å². The Balaban J connectivity index is 1.30. The molecule has 1 N–H and O–H groups in total. The Labute approximate surface area is 191 Å². The zero-order valence-electron chi connectivity index (χ0n) is 19.0. The van der Waals surface area contributed by atoms with Crippen LogP contribution in [0.2, 0.25) is 0 Å². The summed E-state index contributed by atoms with van der Waals surface area (Å²) in [5.74, 6) is 0.0445. The van der Waals surface area contributed by atoms with E-state index < -0.39 is 6.04 Å². The molecule has 1 atom stereocenters. The zero-order valence-corrected chi connectivity index (χ0v) is 19.0. The minimum atomic E-state index is -0.448. The molecule has 1 unspecified atom stereocenters. The van der Waals surface area contributed by atoms with Gasteiger partial charge in [0, 0.05) is 25.3 Å². The van der Waals surface area contributed by atoms with Crippen LogP contribution in [0.3, 0.4) is 0 Å². The molecular weight excluding hydrogens is 400 g/mol. The Hall–Kier alpha value is -2.86. The number of carbonyl (C=O) groups excluding carboxylic acids is 2. The number of benzene rings is 2. The van der Waals surface area contributed by atoms with Crippen molar-refractivity contribution in [3.8, 4) is 11.1 Å². The highest BCUT2D eigenvalue weighted by Crippen LogP contribution is 2.23. The van der Waals surface area contributed by atoms with Gasteiger partial charge in [-0.05, 0) is 69.1 Å². The number of rotatable bonds is 6. The average Bonchev–Trinajstić information content (AvgIpc) is 2.83. The van der Waals surface area contributed by atoms with Gasteiger partial charge in [-0.15, -0.1) is 0 Å². The third kappa shape index (κ3) is 5.49. The fourth-order valence-corrected chi connectivity index (χ4v) is 4.70. The van der Waals surface area contributed by atoms with Gasteiger partial charge in [0.05, 0.1) is 0 Å². The highest BCUT2D eigenvalue weighted by molar-refractivity contribution is 5.94. The van der Waals surface area contributed by atoms with Crippen molar-refractivity contribution in [1.29, 1.82) is 0 Å². The normalized spacial score (nSPS) is 19.8. The van der Waals surface area contributed by atoms with Gasteiger partial charge in [-0.25, -0.2) is 4.79 Å². The molecule has 2 heterocycles. The molecule has 2 saturated heterocycles. The summed E-state index contributed by atoms with van der Waals surface area (Å²) >= 11 is 0. The number of amides is 3. The number of anilines is 1. The maximum absolute atomic E-state index is 12.9. The lowest BCUT2D eigenvalue weighted by atomic mass is 10.1. The summed E-state index contributed by atoms with van der Waals surface area (Å²) in [5, 5.41) is 2.98. The van der Waals surface area contributed by atoms with E-state index in [-0.39, 0.29) is 11.9 Å². The molecule has 4 rings (SSSR count). The van der Waals surface area contributed by atoms with Crippen LogP contribution in [0.1, 0.15) is 32.6 Å². The second-order valence-corrected chi connectivity index (χ2v) is 8.83. The molecule has 170 valence electrons. The molecule has 2 fully saturated rings. The van der Waals surface area contributed by atoms with E-state index in [1.165, 1.54) is 32.4 Å². The number of nitrogens with one attached hydrogen (secondary N) is 1. The standard InChI is InChI=1S/C26H34N4O2/c1-21-25(31)29(17-9-16-28-14-6-3-7-15-28)18-19-30(21)26(32)27-24-13-8-12-23(20-24)22-10-4-2-5-11-22/h2,4-5,8,10-13,20-21H,3,6-7,9,14-19H2,1H3,(H,27,32). The van der Waals surface area contributed by atoms with Gasteiger partial charge in [0.15, 0.2) is 0 Å². The predicted octanol–water partition coefficient (Wildman–Crippen LogP) is 4.29. The first-order valence-corrected chi connectivity index (χ1v) is 11.9. The van der Waals surface area contributed by atoms with Gasteiger partial charge in [0.1, 0.15) is 6.04 Å². The number of piperazine rings is 1. The minimum absolute atomic E-state index is 0.0445. The predicted molar refractivity (Wildman–Crippen MR) is 129 cm³/mol. The largest absolute Gasteiger partial charge is 0.339 e. The van der Waals surface area contributed by atoms with Crippen LogP contribution in [-0.4, -0.2) is 71.9 Å². The van der Waals surface area contributed by atoms with Gasteiger partial charge in [-0.1, -0.05) is 48.9 Å². The average molecular weight is 435 g/mol. The third-order valence-corrected chi connectivity index (χ3v) is 6.58. The lowest BCUT2D eigenvalue weighted by molar-refractivity contribution is -0.139. The van der Waals surface area contributed by atoms with E-state index in [9.17, 15) is 9.59 Å². The number of carbonyl (C=O) groups is 2. The second kappa shape index (κ2) is 10.6. The molecule has 0 spiro atoms. The molecule has 0 saturated carbocycles. The summed E-state index contributed by atoms with van der Waals surface area (Å²) in [7, 11) is 0. The molecule has 2 aromatic carbocycles. The summed E-state index contributed by atoms with van der Waals surface area (Å²) in [6.45, 7) is 7.18. The van der Waals surface area contributed by atoms with E-state index in [1.807, 2.05) is 66.4 Å². The lowest BCUT2D eigenvalue weighted by Gasteiger charge is -2.39. The number of hydrogen-bond donors (Lipinski definition) is 1. The van der Waals surface area contributed by atoms with E-state index in [0.717, 1.165) is 36.3 Å². The van der Waals surface area contributed by atoms with Gasteiger partial charge in [-0.2, -0.15) is 0 Å². The van der Waals surface area contributed by atoms with E-state index in [0.29, 0.717) is 13.1 Å². The first-order chi connectivity index (χ1) is 15.6. The monoisotopic (exact) mass is 434 g/mol. The Morgan fingerprint density at radius 2 is 1.66 bits per heavy atom. The van der Waals surface area contributed by atoms with Gasteiger partial charge < -0.3 is 20.0 Å². The molecule has 2 aliphatic rings. The highest BCUT2D eigenvalue weighted by atomic mass is 16.2. The third-order valence-electron chi connectivity index (χ3n) is 6.58. The van der Waals surface area contributed by atoms with Crippen molar-refractivity contribution in [3.05, 3.63) is 54.6 Å². The topological polar surface area (TPSA) is 55.9 Å². The van der Waals surface area contributed by atoms with Crippen LogP contribution >= 0.6 is 0 Å². The van der Waals surface area contributed by atoms with Crippen molar-refractivity contribution >= 4 is 17.6 Å². The molecule has 6 heteroatoms. The molecule has 0 aliphatic carbocycles. The zero-order chi connectivity index (χ0) is 22.3. The smallest absolute Gasteiger partial charge is 0.322 e. The van der Waals surface area contributed by atoms with Gasteiger partial charge in [0.25, 0.3) is 0 Å². The SMILES string of the molecule is CC1C(=O)N(CCCN2CCCCC2)CCN1C(=O)Nc1cccc(-c2ccccc2)c1. The molecule has 2 aromatic rings. The van der Waals surface area contributed by atoms with Crippen LogP contribution < -0.4 is 5.32 Å². The fourth-order valence-electron chi connectivity index (χ4n) is 4.70. The number of nitrogens with zero attached hydrogens (tertiary/aromatic N) is 3. The fraction of sp³-hybridized carbons (Fsp3) is 0.462. The second-order valence-electron chi connectivity index (χ2n) is 8.83. The number of likely N-dealkylation sites (tertiary alicyclic amines) is 1. The summed E-state index contributed by atoms with van der Waals surface area (Å²) in [5.41, 5.74) is 2.89. The van der Waals surface area contributed by atoms with Crippen molar-refractivity contribution in [1.82, 2.24) is 14.7 Å². The van der Waals surface area contributed by atoms with E-state index in [2.05, 4.69) is 10.2 Å². The first kappa shape index (κ1) is 22.3. The summed E-state index contributed by atoms with van der Waals surface area (Å²) in [6, 6.07) is 17.2. The Bertz CT molecular complexity index is 911. The van der Waals surface area contributed by atoms with Crippen LogP contribution in [-0.2, 0) is 4.79 Å². The summed E-state index contributed by atoms with van der Waals surface area (Å²) in [4.78, 5) is 31.9. The Morgan fingerprint density at radius 1 is 0.906 bits per heavy atom. The number of hydrogen-bond acceptors (Lipinski definition) is 3. The van der Waals surface area contributed by atoms with E-state index in [4.69, 9.17) is 0 Å². The maximum Gasteiger partial charge on any atom is 0.322 e. The van der Waals surface area contributed by atoms with Crippen LogP contribution in [0.4, 0.5) is 10.5 Å². The quantitative estimate of drug-likeness (QED) is 0.738. The molecule has 0 aromatic heterocycles.